The van der Waals surface area contributed by atoms with Gasteiger partial charge in [0.15, 0.2) is 5.82 Å². The summed E-state index contributed by atoms with van der Waals surface area (Å²) in [7, 11) is 0. The van der Waals surface area contributed by atoms with Crippen LogP contribution in [0.5, 0.6) is 0 Å². The zero-order valence-corrected chi connectivity index (χ0v) is 10.7. The van der Waals surface area contributed by atoms with Gasteiger partial charge in [0.05, 0.1) is 22.5 Å². The number of aliphatic hydroxyl groups is 1. The minimum absolute atomic E-state index is 0.00803. The molecule has 4 nitrogen and oxygen atoms in total. The first-order chi connectivity index (χ1) is 7.63. The van der Waals surface area contributed by atoms with Crippen LogP contribution in [0.3, 0.4) is 0 Å². The fraction of sp³-hybridized carbons (Fsp3) is 0.273. The van der Waals surface area contributed by atoms with Gasteiger partial charge in [-0.3, -0.25) is 0 Å². The second kappa shape index (κ2) is 4.35. The van der Waals surface area contributed by atoms with Gasteiger partial charge in [-0.15, -0.1) is 0 Å². The molecule has 84 valence electrons. The molecule has 0 radical (unpaired) electrons. The van der Waals surface area contributed by atoms with E-state index >= 15 is 0 Å². The highest BCUT2D eigenvalue weighted by atomic mass is 79.9. The molecule has 0 amide bonds. The third-order valence-corrected chi connectivity index (χ3v) is 3.56. The van der Waals surface area contributed by atoms with Gasteiger partial charge in [0, 0.05) is 6.20 Å². The largest absolute Gasteiger partial charge is 0.392 e. The predicted octanol–water partition coefficient (Wildman–Crippen LogP) is 2.14. The van der Waals surface area contributed by atoms with Crippen molar-refractivity contribution >= 4 is 15.9 Å². The molecular formula is C11H12BrN3O. The standard InChI is InChI=1S/C11H12BrN3O/c1-7-11(12)8(2)15(14-7)10-4-3-9(6-16)5-13-10/h3-5,16H,6H2,1-2H3. The second-order valence-electron chi connectivity index (χ2n) is 3.58. The second-order valence-corrected chi connectivity index (χ2v) is 4.37. The molecule has 1 N–H and O–H groups in total. The van der Waals surface area contributed by atoms with Crippen molar-refractivity contribution in [2.45, 2.75) is 20.5 Å². The molecule has 16 heavy (non-hydrogen) atoms. The Morgan fingerprint density at radius 2 is 2.12 bits per heavy atom. The van der Waals surface area contributed by atoms with Crippen molar-refractivity contribution < 1.29 is 5.11 Å². The molecule has 5 heteroatoms. The summed E-state index contributed by atoms with van der Waals surface area (Å²) in [5, 5.41) is 13.3. The first kappa shape index (κ1) is 11.3. The van der Waals surface area contributed by atoms with Crippen molar-refractivity contribution in [3.05, 3.63) is 39.8 Å². The third kappa shape index (κ3) is 1.88. The monoisotopic (exact) mass is 281 g/mol. The summed E-state index contributed by atoms with van der Waals surface area (Å²) in [6, 6.07) is 3.68. The predicted molar refractivity (Wildman–Crippen MR) is 64.5 cm³/mol. The Balaban J connectivity index is 2.46. The van der Waals surface area contributed by atoms with Crippen LogP contribution in [0.1, 0.15) is 17.0 Å². The van der Waals surface area contributed by atoms with E-state index in [2.05, 4.69) is 26.0 Å². The van der Waals surface area contributed by atoms with Gasteiger partial charge < -0.3 is 5.11 Å². The quantitative estimate of drug-likeness (QED) is 0.918. The van der Waals surface area contributed by atoms with Gasteiger partial charge in [0.25, 0.3) is 0 Å². The molecule has 2 rings (SSSR count). The molecule has 0 saturated carbocycles. The highest BCUT2D eigenvalue weighted by Gasteiger charge is 2.10. The highest BCUT2D eigenvalue weighted by Crippen LogP contribution is 2.22. The van der Waals surface area contributed by atoms with E-state index in [1.807, 2.05) is 26.0 Å². The van der Waals surface area contributed by atoms with E-state index < -0.39 is 0 Å². The molecule has 0 aromatic carbocycles. The molecule has 0 aliphatic heterocycles. The molecule has 0 saturated heterocycles. The average molecular weight is 282 g/mol. The molecular weight excluding hydrogens is 270 g/mol. The Labute approximate surface area is 102 Å². The molecule has 0 unspecified atom stereocenters. The van der Waals surface area contributed by atoms with E-state index in [1.54, 1.807) is 10.9 Å². The van der Waals surface area contributed by atoms with Crippen LogP contribution < -0.4 is 0 Å². The van der Waals surface area contributed by atoms with Crippen molar-refractivity contribution in [2.75, 3.05) is 0 Å². The molecule has 0 atom stereocenters. The Morgan fingerprint density at radius 3 is 2.56 bits per heavy atom. The number of halogens is 1. The summed E-state index contributed by atoms with van der Waals surface area (Å²) in [6.07, 6.45) is 1.65. The lowest BCUT2D eigenvalue weighted by Crippen LogP contribution is -2.02. The average Bonchev–Trinajstić information content (AvgIpc) is 2.57. The van der Waals surface area contributed by atoms with Crippen molar-refractivity contribution in [3.63, 3.8) is 0 Å². The Hall–Kier alpha value is -1.20. The lowest BCUT2D eigenvalue weighted by molar-refractivity contribution is 0.281. The molecule has 0 bridgehead atoms. The summed E-state index contributed by atoms with van der Waals surface area (Å²) in [5.41, 5.74) is 2.75. The van der Waals surface area contributed by atoms with Gasteiger partial charge >= 0.3 is 0 Å². The van der Waals surface area contributed by atoms with Gasteiger partial charge in [0.1, 0.15) is 0 Å². The maximum atomic E-state index is 8.93. The van der Waals surface area contributed by atoms with Gasteiger partial charge in [-0.2, -0.15) is 5.10 Å². The summed E-state index contributed by atoms with van der Waals surface area (Å²) >= 11 is 3.47. The Bertz CT molecular complexity index is 505. The molecule has 0 fully saturated rings. The number of nitrogens with zero attached hydrogens (tertiary/aromatic N) is 3. The number of aliphatic hydroxyl groups excluding tert-OH is 1. The first-order valence-electron chi connectivity index (χ1n) is 4.91. The third-order valence-electron chi connectivity index (χ3n) is 2.41. The smallest absolute Gasteiger partial charge is 0.153 e. The molecule has 2 aromatic heterocycles. The normalized spacial score (nSPS) is 10.8. The molecule has 0 spiro atoms. The van der Waals surface area contributed by atoms with E-state index in [0.717, 1.165) is 27.2 Å². The number of hydrogen-bond donors (Lipinski definition) is 1. The van der Waals surface area contributed by atoms with Crippen LogP contribution in [0, 0.1) is 13.8 Å². The Morgan fingerprint density at radius 1 is 1.38 bits per heavy atom. The Kier molecular flexibility index (Phi) is 3.07. The van der Waals surface area contributed by atoms with Crippen LogP contribution in [0.2, 0.25) is 0 Å². The number of rotatable bonds is 2. The lowest BCUT2D eigenvalue weighted by atomic mass is 10.3. The van der Waals surface area contributed by atoms with Crippen LogP contribution >= 0.6 is 15.9 Å². The van der Waals surface area contributed by atoms with Crippen molar-refractivity contribution in [1.82, 2.24) is 14.8 Å². The topological polar surface area (TPSA) is 50.9 Å². The van der Waals surface area contributed by atoms with Crippen LogP contribution in [0.25, 0.3) is 5.82 Å². The highest BCUT2D eigenvalue weighted by molar-refractivity contribution is 9.10. The summed E-state index contributed by atoms with van der Waals surface area (Å²) < 4.78 is 2.78. The zero-order valence-electron chi connectivity index (χ0n) is 9.11. The van der Waals surface area contributed by atoms with Crippen LogP contribution in [0.4, 0.5) is 0 Å². The van der Waals surface area contributed by atoms with Crippen LogP contribution in [-0.2, 0) is 6.61 Å². The first-order valence-corrected chi connectivity index (χ1v) is 5.70. The van der Waals surface area contributed by atoms with Crippen molar-refractivity contribution in [1.29, 1.82) is 0 Å². The van der Waals surface area contributed by atoms with Gasteiger partial charge in [-0.1, -0.05) is 6.07 Å². The SMILES string of the molecule is Cc1nn(-c2ccc(CO)cn2)c(C)c1Br. The summed E-state index contributed by atoms with van der Waals surface area (Å²) in [6.45, 7) is 3.93. The van der Waals surface area contributed by atoms with Gasteiger partial charge in [-0.05, 0) is 41.4 Å². The molecule has 0 aliphatic rings. The number of aromatic nitrogens is 3. The van der Waals surface area contributed by atoms with E-state index in [9.17, 15) is 0 Å². The summed E-state index contributed by atoms with van der Waals surface area (Å²) in [5.74, 6) is 0.753. The van der Waals surface area contributed by atoms with Gasteiger partial charge in [0.2, 0.25) is 0 Å². The van der Waals surface area contributed by atoms with E-state index in [-0.39, 0.29) is 6.61 Å². The molecule has 0 aliphatic carbocycles. The zero-order chi connectivity index (χ0) is 11.7. The van der Waals surface area contributed by atoms with Crippen molar-refractivity contribution in [2.24, 2.45) is 0 Å². The van der Waals surface area contributed by atoms with E-state index in [4.69, 9.17) is 5.11 Å². The number of hydrogen-bond acceptors (Lipinski definition) is 3. The number of pyridine rings is 1. The number of aryl methyl sites for hydroxylation is 1. The maximum Gasteiger partial charge on any atom is 0.153 e. The lowest BCUT2D eigenvalue weighted by Gasteiger charge is -2.03. The minimum atomic E-state index is 0.00803. The minimum Gasteiger partial charge on any atom is -0.392 e. The fourth-order valence-corrected chi connectivity index (χ4v) is 1.73. The molecule has 2 heterocycles. The fourth-order valence-electron chi connectivity index (χ4n) is 1.48. The van der Waals surface area contributed by atoms with Gasteiger partial charge in [-0.25, -0.2) is 9.67 Å². The van der Waals surface area contributed by atoms with E-state index in [1.165, 1.54) is 0 Å². The maximum absolute atomic E-state index is 8.93. The van der Waals surface area contributed by atoms with Crippen LogP contribution in [-0.4, -0.2) is 19.9 Å². The summed E-state index contributed by atoms with van der Waals surface area (Å²) in [4.78, 5) is 4.25. The van der Waals surface area contributed by atoms with Crippen LogP contribution in [0.15, 0.2) is 22.8 Å². The van der Waals surface area contributed by atoms with E-state index in [0.29, 0.717) is 0 Å². The van der Waals surface area contributed by atoms with Crippen molar-refractivity contribution in [3.8, 4) is 5.82 Å². The molecule has 2 aromatic rings.